The van der Waals surface area contributed by atoms with Gasteiger partial charge in [0, 0.05) is 11.9 Å². The SMILES string of the molecule is CCC(C)C1CS(CC)(CC)CN1C. The molecule has 0 aromatic heterocycles. The molecule has 2 atom stereocenters. The molecule has 86 valence electrons. The normalized spacial score (nSPS) is 31.6. The van der Waals surface area contributed by atoms with E-state index >= 15 is 0 Å². The Morgan fingerprint density at radius 3 is 2.21 bits per heavy atom. The van der Waals surface area contributed by atoms with Crippen LogP contribution < -0.4 is 0 Å². The van der Waals surface area contributed by atoms with Gasteiger partial charge in [-0.2, -0.15) is 0 Å². The Labute approximate surface area is 91.6 Å². The summed E-state index contributed by atoms with van der Waals surface area (Å²) in [7, 11) is 2.07. The summed E-state index contributed by atoms with van der Waals surface area (Å²) in [6, 6.07) is 0.870. The van der Waals surface area contributed by atoms with Crippen molar-refractivity contribution in [1.29, 1.82) is 0 Å². The first-order valence-electron chi connectivity index (χ1n) is 6.02. The molecule has 0 saturated carbocycles. The summed E-state index contributed by atoms with van der Waals surface area (Å²) in [5, 5.41) is 0. The number of rotatable bonds is 4. The van der Waals surface area contributed by atoms with Crippen molar-refractivity contribution in [1.82, 2.24) is 4.90 Å². The Morgan fingerprint density at radius 1 is 1.29 bits per heavy atom. The van der Waals surface area contributed by atoms with E-state index in [1.54, 1.807) is 0 Å². The van der Waals surface area contributed by atoms with Gasteiger partial charge in [0.2, 0.25) is 0 Å². The average Bonchev–Trinajstić information content (AvgIpc) is 2.55. The van der Waals surface area contributed by atoms with Gasteiger partial charge in [-0.25, -0.2) is 10.0 Å². The van der Waals surface area contributed by atoms with E-state index in [-0.39, 0.29) is 10.0 Å². The van der Waals surface area contributed by atoms with Crippen LogP contribution in [0.2, 0.25) is 0 Å². The van der Waals surface area contributed by atoms with Gasteiger partial charge in [0.05, 0.1) is 0 Å². The van der Waals surface area contributed by atoms with Gasteiger partial charge in [-0.15, -0.1) is 0 Å². The third kappa shape index (κ3) is 2.27. The first-order chi connectivity index (χ1) is 6.58. The van der Waals surface area contributed by atoms with Crippen molar-refractivity contribution >= 4 is 10.0 Å². The Hall–Kier alpha value is 0.310. The molecule has 1 aliphatic rings. The van der Waals surface area contributed by atoms with E-state index in [2.05, 4.69) is 39.6 Å². The number of hydrogen-bond donors (Lipinski definition) is 0. The maximum Gasteiger partial charge on any atom is 0.0291 e. The van der Waals surface area contributed by atoms with Crippen molar-refractivity contribution in [2.24, 2.45) is 5.92 Å². The molecule has 0 bridgehead atoms. The third-order valence-electron chi connectivity index (χ3n) is 4.09. The summed E-state index contributed by atoms with van der Waals surface area (Å²) in [5.74, 6) is 6.65. The predicted molar refractivity (Wildman–Crippen MR) is 69.4 cm³/mol. The van der Waals surface area contributed by atoms with Gasteiger partial charge in [-0.3, -0.25) is 4.90 Å². The lowest BCUT2D eigenvalue weighted by Gasteiger charge is -2.33. The zero-order valence-corrected chi connectivity index (χ0v) is 11.4. The highest BCUT2D eigenvalue weighted by Gasteiger charge is 2.37. The first-order valence-corrected chi connectivity index (χ1v) is 8.33. The lowest BCUT2D eigenvalue weighted by Crippen LogP contribution is -2.32. The highest BCUT2D eigenvalue weighted by atomic mass is 32.3. The van der Waals surface area contributed by atoms with Crippen molar-refractivity contribution in [2.45, 2.75) is 40.2 Å². The highest BCUT2D eigenvalue weighted by molar-refractivity contribution is 8.33. The van der Waals surface area contributed by atoms with Crippen LogP contribution in [0.4, 0.5) is 0 Å². The molecule has 0 aromatic carbocycles. The van der Waals surface area contributed by atoms with Crippen LogP contribution >= 0.6 is 10.0 Å². The van der Waals surface area contributed by atoms with E-state index in [0.29, 0.717) is 0 Å². The summed E-state index contributed by atoms with van der Waals surface area (Å²) < 4.78 is 0. The standard InChI is InChI=1S/C12H27NS/c1-6-11(4)12-9-14(7-2,8-3)10-13(12)5/h11-12H,6-10H2,1-5H3. The minimum absolute atomic E-state index is 0.265. The average molecular weight is 217 g/mol. The fourth-order valence-corrected chi connectivity index (χ4v) is 6.28. The molecule has 2 heteroatoms. The third-order valence-corrected chi connectivity index (χ3v) is 8.55. The van der Waals surface area contributed by atoms with Gasteiger partial charge in [-0.1, -0.05) is 34.1 Å². The van der Waals surface area contributed by atoms with Crippen molar-refractivity contribution in [2.75, 3.05) is 30.2 Å². The Bertz CT molecular complexity index is 177. The molecule has 1 rings (SSSR count). The van der Waals surface area contributed by atoms with Crippen molar-refractivity contribution in [3.8, 4) is 0 Å². The van der Waals surface area contributed by atoms with Gasteiger partial charge >= 0.3 is 0 Å². The maximum atomic E-state index is 2.64. The van der Waals surface area contributed by atoms with Crippen molar-refractivity contribution in [3.63, 3.8) is 0 Å². The second-order valence-electron chi connectivity index (χ2n) is 4.81. The smallest absolute Gasteiger partial charge is 0.0291 e. The molecule has 2 unspecified atom stereocenters. The molecule has 1 fully saturated rings. The Morgan fingerprint density at radius 2 is 1.86 bits per heavy atom. The van der Waals surface area contributed by atoms with E-state index in [9.17, 15) is 0 Å². The summed E-state index contributed by atoms with van der Waals surface area (Å²) in [5.41, 5.74) is 0. The van der Waals surface area contributed by atoms with E-state index in [4.69, 9.17) is 0 Å². The van der Waals surface area contributed by atoms with Crippen molar-refractivity contribution < 1.29 is 0 Å². The van der Waals surface area contributed by atoms with Crippen LogP contribution in [0, 0.1) is 5.92 Å². The fourth-order valence-electron chi connectivity index (χ4n) is 2.56. The summed E-state index contributed by atoms with van der Waals surface area (Å²) >= 11 is 0. The molecule has 14 heavy (non-hydrogen) atoms. The number of nitrogens with zero attached hydrogens (tertiary/aromatic N) is 1. The molecule has 1 saturated heterocycles. The fraction of sp³-hybridized carbons (Fsp3) is 1.00. The van der Waals surface area contributed by atoms with E-state index in [1.807, 2.05) is 0 Å². The quantitative estimate of drug-likeness (QED) is 0.699. The minimum Gasteiger partial charge on any atom is -0.295 e. The van der Waals surface area contributed by atoms with Crippen LogP contribution in [0.1, 0.15) is 34.1 Å². The Balaban J connectivity index is 2.67. The molecular weight excluding hydrogens is 190 g/mol. The molecule has 0 amide bonds. The van der Waals surface area contributed by atoms with Crippen LogP contribution in [-0.4, -0.2) is 41.1 Å². The van der Waals surface area contributed by atoms with Gasteiger partial charge in [0.1, 0.15) is 0 Å². The zero-order valence-electron chi connectivity index (χ0n) is 10.5. The molecule has 0 aromatic rings. The monoisotopic (exact) mass is 217 g/mol. The van der Waals surface area contributed by atoms with Gasteiger partial charge in [-0.05, 0) is 30.2 Å². The summed E-state index contributed by atoms with van der Waals surface area (Å²) in [6.07, 6.45) is 1.33. The lowest BCUT2D eigenvalue weighted by atomic mass is 10.0. The summed E-state index contributed by atoms with van der Waals surface area (Å²) in [4.78, 5) is 2.64. The Kier molecular flexibility index (Phi) is 4.32. The largest absolute Gasteiger partial charge is 0.295 e. The topological polar surface area (TPSA) is 3.24 Å². The van der Waals surface area contributed by atoms with E-state index in [1.165, 1.54) is 29.6 Å². The van der Waals surface area contributed by atoms with Crippen LogP contribution in [0.25, 0.3) is 0 Å². The van der Waals surface area contributed by atoms with Crippen LogP contribution in [-0.2, 0) is 0 Å². The molecule has 0 N–H and O–H groups in total. The maximum absolute atomic E-state index is 2.64. The van der Waals surface area contributed by atoms with Gasteiger partial charge in [0.25, 0.3) is 0 Å². The zero-order chi connectivity index (χ0) is 10.8. The second-order valence-corrected chi connectivity index (χ2v) is 9.00. The van der Waals surface area contributed by atoms with Crippen LogP contribution in [0.15, 0.2) is 0 Å². The van der Waals surface area contributed by atoms with Crippen LogP contribution in [0.5, 0.6) is 0 Å². The van der Waals surface area contributed by atoms with Gasteiger partial charge in [0.15, 0.2) is 0 Å². The molecule has 0 spiro atoms. The van der Waals surface area contributed by atoms with Crippen molar-refractivity contribution in [3.05, 3.63) is 0 Å². The number of hydrogen-bond acceptors (Lipinski definition) is 1. The van der Waals surface area contributed by atoms with Crippen LogP contribution in [0.3, 0.4) is 0 Å². The predicted octanol–water partition coefficient (Wildman–Crippen LogP) is 3.15. The molecule has 0 aliphatic carbocycles. The molecule has 1 heterocycles. The second kappa shape index (κ2) is 4.89. The van der Waals surface area contributed by atoms with E-state index < -0.39 is 0 Å². The highest BCUT2D eigenvalue weighted by Crippen LogP contribution is 2.54. The van der Waals surface area contributed by atoms with Gasteiger partial charge < -0.3 is 0 Å². The molecular formula is C12H27NS. The molecule has 0 radical (unpaired) electrons. The van der Waals surface area contributed by atoms with E-state index in [0.717, 1.165) is 12.0 Å². The summed E-state index contributed by atoms with van der Waals surface area (Å²) in [6.45, 7) is 9.53. The lowest BCUT2D eigenvalue weighted by molar-refractivity contribution is 0.244. The first kappa shape index (κ1) is 12.4. The molecule has 1 nitrogen and oxygen atoms in total. The molecule has 1 aliphatic heterocycles. The minimum atomic E-state index is -0.265.